The van der Waals surface area contributed by atoms with E-state index in [0.29, 0.717) is 9.25 Å². The lowest BCUT2D eigenvalue weighted by molar-refractivity contribution is -0.155. The molecule has 0 saturated heterocycles. The molecule has 1 aromatic carbocycles. The minimum atomic E-state index is -1.45. The van der Waals surface area contributed by atoms with Crippen LogP contribution >= 0.6 is 23.2 Å². The van der Waals surface area contributed by atoms with E-state index in [1.165, 1.54) is 45.9 Å². The second-order valence-corrected chi connectivity index (χ2v) is 11.0. The van der Waals surface area contributed by atoms with Crippen molar-refractivity contribution >= 4 is 35.1 Å². The molecule has 2 aromatic heterocycles. The van der Waals surface area contributed by atoms with Gasteiger partial charge in [-0.2, -0.15) is 14.6 Å². The smallest absolute Gasteiger partial charge is 0.355 e. The maximum atomic E-state index is 13.3. The molecule has 16 nitrogen and oxygen atoms in total. The number of halogens is 2. The summed E-state index contributed by atoms with van der Waals surface area (Å²) in [6, 6.07) is 3.39. The molecule has 3 rings (SSSR count). The number of rotatable bonds is 10. The van der Waals surface area contributed by atoms with Gasteiger partial charge in [0.25, 0.3) is 11.1 Å². The van der Waals surface area contributed by atoms with Crippen molar-refractivity contribution in [2.45, 2.75) is 72.0 Å². The lowest BCUT2D eigenvalue weighted by Crippen LogP contribution is -2.45. The van der Waals surface area contributed by atoms with Gasteiger partial charge in [-0.25, -0.2) is 9.36 Å². The molecule has 2 unspecified atom stereocenters. The van der Waals surface area contributed by atoms with Crippen LogP contribution in [0.5, 0.6) is 11.6 Å². The molecule has 240 valence electrons. The van der Waals surface area contributed by atoms with E-state index in [1.807, 2.05) is 0 Å². The van der Waals surface area contributed by atoms with Gasteiger partial charge in [0.05, 0.1) is 15.7 Å². The zero-order valence-electron chi connectivity index (χ0n) is 25.0. The quantitative estimate of drug-likeness (QED) is 0.295. The molecule has 0 aliphatic carbocycles. The summed E-state index contributed by atoms with van der Waals surface area (Å²) in [6.07, 6.45) is -2.60. The van der Waals surface area contributed by atoms with Gasteiger partial charge < -0.3 is 25.7 Å². The van der Waals surface area contributed by atoms with E-state index >= 15 is 0 Å². The van der Waals surface area contributed by atoms with Crippen LogP contribution in [0.2, 0.25) is 10.0 Å². The van der Waals surface area contributed by atoms with E-state index in [-0.39, 0.29) is 38.8 Å². The van der Waals surface area contributed by atoms with Crippen molar-refractivity contribution in [1.82, 2.24) is 24.1 Å². The first-order valence-corrected chi connectivity index (χ1v) is 14.1. The van der Waals surface area contributed by atoms with E-state index in [1.54, 1.807) is 19.9 Å². The summed E-state index contributed by atoms with van der Waals surface area (Å²) in [6.45, 7) is 8.96. The molecular weight excluding hydrogens is 635 g/mol. The van der Waals surface area contributed by atoms with Crippen molar-refractivity contribution < 1.29 is 23.8 Å². The van der Waals surface area contributed by atoms with E-state index < -0.39 is 59.0 Å². The summed E-state index contributed by atoms with van der Waals surface area (Å²) >= 11 is 13.0. The van der Waals surface area contributed by atoms with Crippen LogP contribution in [0.25, 0.3) is 5.69 Å². The van der Waals surface area contributed by atoms with Crippen molar-refractivity contribution in [2.24, 2.45) is 11.5 Å². The second kappa shape index (κ2) is 14.0. The fourth-order valence-electron chi connectivity index (χ4n) is 3.79. The SMILES string of the molecule is CC(C)c1cc(Oc2c(Cl)cc(-n3nc(C#N)c(=O)n(C(C)OC(=O)[C@H](C)N)c3=O)cc2Cl)nn(C(C)OC(=O)[C@H](C)N)c1=O. The van der Waals surface area contributed by atoms with Gasteiger partial charge >= 0.3 is 17.6 Å². The zero-order valence-corrected chi connectivity index (χ0v) is 26.5. The highest BCUT2D eigenvalue weighted by Crippen LogP contribution is 2.38. The predicted molar refractivity (Wildman–Crippen MR) is 160 cm³/mol. The molecule has 0 radical (unpaired) electrons. The average Bonchev–Trinajstić information content (AvgIpc) is 2.95. The summed E-state index contributed by atoms with van der Waals surface area (Å²) in [4.78, 5) is 63.2. The van der Waals surface area contributed by atoms with Gasteiger partial charge in [0, 0.05) is 11.6 Å². The standard InChI is InChI=1S/C27H30Cl2N8O8/c1-11(2)17-9-21(34-36(23(17)38)15(6)44-26(41)13(4)32)45-22-18(28)7-16(8-19(22)29)37-27(42)35(24(39)20(10-30)33-37)14(5)43-25(40)12(3)31/h7-9,11-15H,31-32H2,1-6H3/t12-,13-,14?,15?/m0/s1. The molecular formula is C27H30Cl2N8O8. The van der Waals surface area contributed by atoms with Crippen LogP contribution < -0.4 is 33.0 Å². The van der Waals surface area contributed by atoms with Crippen molar-refractivity contribution in [1.29, 1.82) is 5.26 Å². The summed E-state index contributed by atoms with van der Waals surface area (Å²) in [7, 11) is 0. The first-order chi connectivity index (χ1) is 21.0. The number of carbonyl (C=O) groups excluding carboxylic acids is 2. The zero-order chi connectivity index (χ0) is 33.9. The van der Waals surface area contributed by atoms with Gasteiger partial charge in [-0.3, -0.25) is 19.2 Å². The van der Waals surface area contributed by atoms with Gasteiger partial charge in [0.1, 0.15) is 18.2 Å². The van der Waals surface area contributed by atoms with Crippen molar-refractivity contribution in [3.05, 3.63) is 70.7 Å². The number of nitrogens with two attached hydrogens (primary N) is 2. The van der Waals surface area contributed by atoms with Gasteiger partial charge in [-0.1, -0.05) is 37.0 Å². The highest BCUT2D eigenvalue weighted by atomic mass is 35.5. The molecule has 45 heavy (non-hydrogen) atoms. The Balaban J connectivity index is 2.11. The summed E-state index contributed by atoms with van der Waals surface area (Å²) in [5, 5.41) is 17.1. The average molecular weight is 665 g/mol. The third-order valence-electron chi connectivity index (χ3n) is 6.14. The monoisotopic (exact) mass is 664 g/mol. The molecule has 0 aliphatic heterocycles. The van der Waals surface area contributed by atoms with Gasteiger partial charge in [-0.15, -0.1) is 10.2 Å². The van der Waals surface area contributed by atoms with Crippen molar-refractivity contribution in [3.63, 3.8) is 0 Å². The number of aromatic nitrogens is 5. The number of nitrogens with zero attached hydrogens (tertiary/aromatic N) is 6. The summed E-state index contributed by atoms with van der Waals surface area (Å²) in [5.74, 6) is -2.23. The lowest BCUT2D eigenvalue weighted by atomic mass is 10.1. The van der Waals surface area contributed by atoms with Gasteiger partial charge in [-0.05, 0) is 45.7 Å². The second-order valence-electron chi connectivity index (χ2n) is 10.2. The maximum absolute atomic E-state index is 13.3. The largest absolute Gasteiger partial charge is 0.440 e. The molecule has 3 aromatic rings. The molecule has 4 atom stereocenters. The Bertz CT molecular complexity index is 1840. The Morgan fingerprint density at radius 3 is 1.89 bits per heavy atom. The van der Waals surface area contributed by atoms with Crippen molar-refractivity contribution in [3.8, 4) is 23.4 Å². The first kappa shape index (κ1) is 34.9. The van der Waals surface area contributed by atoms with Crippen LogP contribution in [0, 0.1) is 11.3 Å². The minimum Gasteiger partial charge on any atom is -0.440 e. The van der Waals surface area contributed by atoms with E-state index in [4.69, 9.17) is 48.9 Å². The van der Waals surface area contributed by atoms with Crippen LogP contribution in [-0.2, 0) is 19.1 Å². The Labute approximate surface area is 265 Å². The topological polar surface area (TPSA) is 229 Å². The molecule has 0 amide bonds. The Morgan fingerprint density at radius 1 is 0.867 bits per heavy atom. The van der Waals surface area contributed by atoms with Crippen LogP contribution in [0.1, 0.15) is 71.2 Å². The molecule has 0 saturated carbocycles. The number of benzene rings is 1. The highest BCUT2D eigenvalue weighted by Gasteiger charge is 2.25. The van der Waals surface area contributed by atoms with E-state index in [0.717, 1.165) is 4.68 Å². The summed E-state index contributed by atoms with van der Waals surface area (Å²) < 4.78 is 18.3. The number of nitriles is 1. The molecule has 0 spiro atoms. The normalized spacial score (nSPS) is 13.8. The predicted octanol–water partition coefficient (Wildman–Crippen LogP) is 1.86. The molecule has 0 bridgehead atoms. The molecule has 2 heterocycles. The Hall–Kier alpha value is -4.56. The van der Waals surface area contributed by atoms with Crippen LogP contribution in [0.4, 0.5) is 0 Å². The molecule has 0 fully saturated rings. The van der Waals surface area contributed by atoms with Crippen LogP contribution in [0.3, 0.4) is 0 Å². The molecule has 18 heteroatoms. The van der Waals surface area contributed by atoms with Crippen LogP contribution in [-0.4, -0.2) is 48.2 Å². The number of esters is 2. The first-order valence-electron chi connectivity index (χ1n) is 13.4. The number of hydrogen-bond donors (Lipinski definition) is 2. The number of hydrogen-bond acceptors (Lipinski definition) is 13. The fraction of sp³-hybridized carbons (Fsp3) is 0.407. The third kappa shape index (κ3) is 7.57. The molecule has 4 N–H and O–H groups in total. The third-order valence-corrected chi connectivity index (χ3v) is 6.70. The fourth-order valence-corrected chi connectivity index (χ4v) is 4.34. The number of ether oxygens (including phenoxy) is 3. The Morgan fingerprint density at radius 2 is 1.40 bits per heavy atom. The summed E-state index contributed by atoms with van der Waals surface area (Å²) in [5.41, 5.74) is 7.82. The van der Waals surface area contributed by atoms with Crippen LogP contribution in [0.15, 0.2) is 32.6 Å². The van der Waals surface area contributed by atoms with Gasteiger partial charge in [0.15, 0.2) is 18.2 Å². The van der Waals surface area contributed by atoms with E-state index in [2.05, 4.69) is 10.2 Å². The minimum absolute atomic E-state index is 0.0874. The maximum Gasteiger partial charge on any atom is 0.355 e. The Kier molecular flexibility index (Phi) is 10.9. The lowest BCUT2D eigenvalue weighted by Gasteiger charge is -2.20. The molecule has 0 aliphatic rings. The van der Waals surface area contributed by atoms with Crippen molar-refractivity contribution in [2.75, 3.05) is 0 Å². The van der Waals surface area contributed by atoms with E-state index in [9.17, 15) is 29.2 Å². The number of carbonyl (C=O) groups is 2. The van der Waals surface area contributed by atoms with Gasteiger partial charge in [0.2, 0.25) is 11.6 Å². The highest BCUT2D eigenvalue weighted by molar-refractivity contribution is 6.37.